The first kappa shape index (κ1) is 21.6. The van der Waals surface area contributed by atoms with Gasteiger partial charge in [-0.15, -0.1) is 10.2 Å². The molecule has 8 heteroatoms. The predicted octanol–water partition coefficient (Wildman–Crippen LogP) is 4.75. The van der Waals surface area contributed by atoms with Crippen molar-refractivity contribution < 1.29 is 4.79 Å². The molecule has 2 aromatic heterocycles. The van der Waals surface area contributed by atoms with Gasteiger partial charge in [-0.3, -0.25) is 9.36 Å². The number of halogens is 1. The first-order valence-electron chi connectivity index (χ1n) is 9.71. The molecular formula is C24H18ClN5OS. The van der Waals surface area contributed by atoms with Crippen LogP contribution in [0.25, 0.3) is 5.69 Å². The molecule has 1 amide bonds. The van der Waals surface area contributed by atoms with Crippen LogP contribution in [0.4, 0.5) is 5.69 Å². The molecule has 32 heavy (non-hydrogen) atoms. The molecule has 0 saturated heterocycles. The number of benzene rings is 2. The maximum Gasteiger partial charge on any atom is 0.234 e. The number of hydrogen-bond donors (Lipinski definition) is 1. The number of carbonyl (C=O) groups is 1. The number of aryl methyl sites for hydroxylation is 1. The Labute approximate surface area is 195 Å². The average Bonchev–Trinajstić information content (AvgIpc) is 3.28. The SMILES string of the molecule is Cc1ccc(-n2cnnc2SCC(=O)Nc2cccc(C#Cc3ccccn3)c2)cc1Cl. The minimum atomic E-state index is -0.152. The van der Waals surface area contributed by atoms with Crippen LogP contribution in [-0.4, -0.2) is 31.4 Å². The molecule has 0 atom stereocenters. The Morgan fingerprint density at radius 1 is 1.12 bits per heavy atom. The molecule has 4 rings (SSSR count). The van der Waals surface area contributed by atoms with Gasteiger partial charge >= 0.3 is 0 Å². The molecule has 0 saturated carbocycles. The van der Waals surface area contributed by atoms with Gasteiger partial charge in [0.1, 0.15) is 12.0 Å². The number of thioether (sulfide) groups is 1. The first-order chi connectivity index (χ1) is 15.6. The Hall–Kier alpha value is -3.60. The van der Waals surface area contributed by atoms with Gasteiger partial charge in [-0.1, -0.05) is 47.5 Å². The lowest BCUT2D eigenvalue weighted by Gasteiger charge is -2.08. The summed E-state index contributed by atoms with van der Waals surface area (Å²) in [4.78, 5) is 16.7. The third-order valence-corrected chi connectivity index (χ3v) is 5.78. The summed E-state index contributed by atoms with van der Waals surface area (Å²) in [5.74, 6) is 6.10. The second-order valence-electron chi connectivity index (χ2n) is 6.80. The zero-order valence-electron chi connectivity index (χ0n) is 17.1. The van der Waals surface area contributed by atoms with E-state index >= 15 is 0 Å². The minimum absolute atomic E-state index is 0.152. The molecule has 2 aromatic carbocycles. The van der Waals surface area contributed by atoms with Gasteiger partial charge in [-0.2, -0.15) is 0 Å². The molecule has 0 aliphatic heterocycles. The normalized spacial score (nSPS) is 10.3. The Morgan fingerprint density at radius 3 is 2.84 bits per heavy atom. The van der Waals surface area contributed by atoms with Crippen LogP contribution in [0, 0.1) is 18.8 Å². The van der Waals surface area contributed by atoms with Crippen LogP contribution < -0.4 is 5.32 Å². The summed E-state index contributed by atoms with van der Waals surface area (Å²) < 4.78 is 1.80. The van der Waals surface area contributed by atoms with Crippen molar-refractivity contribution in [3.63, 3.8) is 0 Å². The van der Waals surface area contributed by atoms with Crippen molar-refractivity contribution in [3.8, 4) is 17.5 Å². The minimum Gasteiger partial charge on any atom is -0.325 e. The topological polar surface area (TPSA) is 72.7 Å². The number of pyridine rings is 1. The van der Waals surface area contributed by atoms with Gasteiger partial charge < -0.3 is 5.32 Å². The zero-order valence-corrected chi connectivity index (χ0v) is 18.7. The van der Waals surface area contributed by atoms with Gasteiger partial charge in [0.25, 0.3) is 0 Å². The number of aromatic nitrogens is 4. The van der Waals surface area contributed by atoms with Gasteiger partial charge in [-0.25, -0.2) is 4.98 Å². The lowest BCUT2D eigenvalue weighted by Crippen LogP contribution is -2.14. The van der Waals surface area contributed by atoms with Gasteiger partial charge in [0, 0.05) is 22.5 Å². The van der Waals surface area contributed by atoms with Crippen LogP contribution in [0.2, 0.25) is 5.02 Å². The third-order valence-electron chi connectivity index (χ3n) is 4.43. The zero-order chi connectivity index (χ0) is 22.3. The van der Waals surface area contributed by atoms with Crippen molar-refractivity contribution >= 4 is 35.0 Å². The second-order valence-corrected chi connectivity index (χ2v) is 8.15. The first-order valence-corrected chi connectivity index (χ1v) is 11.1. The number of hydrogen-bond acceptors (Lipinski definition) is 5. The van der Waals surface area contributed by atoms with Gasteiger partial charge in [0.15, 0.2) is 5.16 Å². The van der Waals surface area contributed by atoms with Crippen molar-refractivity contribution in [3.05, 3.63) is 95.0 Å². The van der Waals surface area contributed by atoms with E-state index in [0.29, 0.717) is 21.6 Å². The maximum absolute atomic E-state index is 12.5. The van der Waals surface area contributed by atoms with Crippen LogP contribution >= 0.6 is 23.4 Å². The molecular weight excluding hydrogens is 442 g/mol. The van der Waals surface area contributed by atoms with Crippen LogP contribution in [0.15, 0.2) is 78.3 Å². The van der Waals surface area contributed by atoms with Crippen molar-refractivity contribution in [2.45, 2.75) is 12.1 Å². The van der Waals surface area contributed by atoms with E-state index in [4.69, 9.17) is 11.6 Å². The van der Waals surface area contributed by atoms with E-state index in [0.717, 1.165) is 16.8 Å². The molecule has 158 valence electrons. The Morgan fingerprint density at radius 2 is 2.03 bits per heavy atom. The van der Waals surface area contributed by atoms with E-state index in [9.17, 15) is 4.79 Å². The number of anilines is 1. The van der Waals surface area contributed by atoms with Crippen LogP contribution in [-0.2, 0) is 4.79 Å². The number of amides is 1. The van der Waals surface area contributed by atoms with Crippen molar-refractivity contribution in [2.24, 2.45) is 0 Å². The van der Waals surface area contributed by atoms with Crippen molar-refractivity contribution in [1.82, 2.24) is 19.7 Å². The third kappa shape index (κ3) is 5.55. The maximum atomic E-state index is 12.5. The number of rotatable bonds is 5. The van der Waals surface area contributed by atoms with Crippen molar-refractivity contribution in [2.75, 3.05) is 11.1 Å². The number of nitrogens with one attached hydrogen (secondary N) is 1. The molecule has 0 aliphatic carbocycles. The van der Waals surface area contributed by atoms with E-state index < -0.39 is 0 Å². The van der Waals surface area contributed by atoms with Crippen LogP contribution in [0.1, 0.15) is 16.8 Å². The average molecular weight is 460 g/mol. The highest BCUT2D eigenvalue weighted by Gasteiger charge is 2.11. The molecule has 4 aromatic rings. The monoisotopic (exact) mass is 459 g/mol. The van der Waals surface area contributed by atoms with E-state index in [1.807, 2.05) is 67.6 Å². The Kier molecular flexibility index (Phi) is 6.85. The highest BCUT2D eigenvalue weighted by Crippen LogP contribution is 2.24. The summed E-state index contributed by atoms with van der Waals surface area (Å²) in [5.41, 5.74) is 3.99. The fourth-order valence-corrected chi connectivity index (χ4v) is 3.71. The molecule has 0 bridgehead atoms. The molecule has 0 spiro atoms. The highest BCUT2D eigenvalue weighted by atomic mass is 35.5. The Bertz CT molecular complexity index is 1310. The molecule has 2 heterocycles. The second kappa shape index (κ2) is 10.1. The summed E-state index contributed by atoms with van der Waals surface area (Å²) in [6.45, 7) is 1.94. The van der Waals surface area contributed by atoms with E-state index in [2.05, 4.69) is 32.3 Å². The van der Waals surface area contributed by atoms with Gasteiger partial charge in [0.05, 0.1) is 11.4 Å². The summed E-state index contributed by atoms with van der Waals surface area (Å²) in [7, 11) is 0. The number of carbonyl (C=O) groups excluding carboxylic acids is 1. The lowest BCUT2D eigenvalue weighted by molar-refractivity contribution is -0.113. The molecule has 6 nitrogen and oxygen atoms in total. The van der Waals surface area contributed by atoms with Crippen LogP contribution in [0.3, 0.4) is 0 Å². The standard InChI is InChI=1S/C24H18ClN5OS/c1-17-8-11-21(14-22(17)25)30-16-27-29-24(30)32-15-23(31)28-20-7-4-5-18(13-20)9-10-19-6-2-3-12-26-19/h2-8,11-14,16H,15H2,1H3,(H,28,31). The van der Waals surface area contributed by atoms with Gasteiger partial charge in [-0.05, 0) is 60.9 Å². The lowest BCUT2D eigenvalue weighted by atomic mass is 10.2. The fraction of sp³-hybridized carbons (Fsp3) is 0.0833. The quantitative estimate of drug-likeness (QED) is 0.344. The predicted molar refractivity (Wildman–Crippen MR) is 127 cm³/mol. The molecule has 1 N–H and O–H groups in total. The molecule has 0 fully saturated rings. The summed E-state index contributed by atoms with van der Waals surface area (Å²) in [6, 6.07) is 18.7. The summed E-state index contributed by atoms with van der Waals surface area (Å²) >= 11 is 7.53. The van der Waals surface area contributed by atoms with E-state index in [-0.39, 0.29) is 11.7 Å². The fourth-order valence-electron chi connectivity index (χ4n) is 2.81. The summed E-state index contributed by atoms with van der Waals surface area (Å²) in [5, 5.41) is 12.3. The van der Waals surface area contributed by atoms with E-state index in [1.165, 1.54) is 11.8 Å². The smallest absolute Gasteiger partial charge is 0.234 e. The molecule has 0 aliphatic rings. The molecule has 0 unspecified atom stereocenters. The molecule has 0 radical (unpaired) electrons. The Balaban J connectivity index is 1.39. The largest absolute Gasteiger partial charge is 0.325 e. The van der Waals surface area contributed by atoms with Gasteiger partial charge in [0.2, 0.25) is 5.91 Å². The summed E-state index contributed by atoms with van der Waals surface area (Å²) in [6.07, 6.45) is 3.30. The van der Waals surface area contributed by atoms with E-state index in [1.54, 1.807) is 17.1 Å². The highest BCUT2D eigenvalue weighted by molar-refractivity contribution is 7.99. The van der Waals surface area contributed by atoms with Crippen LogP contribution in [0.5, 0.6) is 0 Å². The van der Waals surface area contributed by atoms with Crippen molar-refractivity contribution in [1.29, 1.82) is 0 Å². The number of nitrogens with zero attached hydrogens (tertiary/aromatic N) is 4.